The van der Waals surface area contributed by atoms with Crippen molar-refractivity contribution < 1.29 is 17.9 Å². The fraction of sp³-hybridized carbons (Fsp3) is 0.500. The summed E-state index contributed by atoms with van der Waals surface area (Å²) in [5.41, 5.74) is 1.66. The van der Waals surface area contributed by atoms with Gasteiger partial charge in [0.2, 0.25) is 0 Å². The van der Waals surface area contributed by atoms with Crippen LogP contribution in [0.4, 0.5) is 18.9 Å². The van der Waals surface area contributed by atoms with E-state index in [-0.39, 0.29) is 11.2 Å². The Morgan fingerprint density at radius 1 is 1.41 bits per heavy atom. The molecule has 1 aromatic rings. The van der Waals surface area contributed by atoms with E-state index in [1.54, 1.807) is 6.07 Å². The third-order valence-electron chi connectivity index (χ3n) is 3.32. The van der Waals surface area contributed by atoms with Gasteiger partial charge in [-0.05, 0) is 30.2 Å². The molecule has 2 rings (SSSR count). The van der Waals surface area contributed by atoms with Gasteiger partial charge in [0.15, 0.2) is 0 Å². The monoisotopic (exact) mass is 245 g/mol. The van der Waals surface area contributed by atoms with E-state index in [1.165, 1.54) is 12.1 Å². The molecule has 0 bridgehead atoms. The molecule has 17 heavy (non-hydrogen) atoms. The normalized spacial score (nSPS) is 23.1. The molecule has 5 heteroatoms. The highest BCUT2D eigenvalue weighted by Crippen LogP contribution is 2.41. The van der Waals surface area contributed by atoms with Gasteiger partial charge in [-0.3, -0.25) is 0 Å². The Bertz CT molecular complexity index is 430. The van der Waals surface area contributed by atoms with E-state index >= 15 is 0 Å². The molecule has 2 nitrogen and oxygen atoms in total. The Morgan fingerprint density at radius 3 is 2.71 bits per heavy atom. The third kappa shape index (κ3) is 2.33. The molecule has 0 amide bonds. The lowest BCUT2D eigenvalue weighted by molar-refractivity contribution is -0.274. The molecular weight excluding hydrogens is 231 g/mol. The van der Waals surface area contributed by atoms with E-state index in [9.17, 15) is 13.2 Å². The van der Waals surface area contributed by atoms with Crippen LogP contribution in [0.15, 0.2) is 18.2 Å². The lowest BCUT2D eigenvalue weighted by Crippen LogP contribution is -2.23. The van der Waals surface area contributed by atoms with Crippen molar-refractivity contribution in [2.75, 3.05) is 11.9 Å². The second kappa shape index (κ2) is 3.82. The number of ether oxygens (including phenoxy) is 1. The number of anilines is 1. The van der Waals surface area contributed by atoms with E-state index in [0.717, 1.165) is 24.2 Å². The van der Waals surface area contributed by atoms with Gasteiger partial charge < -0.3 is 10.1 Å². The van der Waals surface area contributed by atoms with Gasteiger partial charge in [-0.2, -0.15) is 0 Å². The predicted octanol–water partition coefficient (Wildman–Crippen LogP) is 3.68. The van der Waals surface area contributed by atoms with Crippen molar-refractivity contribution >= 4 is 5.69 Å². The van der Waals surface area contributed by atoms with Gasteiger partial charge >= 0.3 is 6.36 Å². The summed E-state index contributed by atoms with van der Waals surface area (Å²) in [6.07, 6.45) is -3.77. The summed E-state index contributed by atoms with van der Waals surface area (Å²) in [5, 5.41) is 3.19. The molecule has 0 fully saturated rings. The van der Waals surface area contributed by atoms with E-state index in [4.69, 9.17) is 0 Å². The van der Waals surface area contributed by atoms with Crippen LogP contribution in [0.25, 0.3) is 0 Å². The first-order valence-corrected chi connectivity index (χ1v) is 5.48. The number of hydrogen-bond acceptors (Lipinski definition) is 2. The highest BCUT2D eigenvalue weighted by molar-refractivity contribution is 5.62. The van der Waals surface area contributed by atoms with E-state index in [0.29, 0.717) is 0 Å². The van der Waals surface area contributed by atoms with Crippen LogP contribution in [0.3, 0.4) is 0 Å². The second-order valence-corrected chi connectivity index (χ2v) is 4.52. The number of rotatable bonds is 2. The largest absolute Gasteiger partial charge is 0.573 e. The Labute approximate surface area is 97.8 Å². The fourth-order valence-corrected chi connectivity index (χ4v) is 2.07. The van der Waals surface area contributed by atoms with Gasteiger partial charge in [0, 0.05) is 17.6 Å². The van der Waals surface area contributed by atoms with Crippen molar-refractivity contribution in [3.05, 3.63) is 23.8 Å². The summed E-state index contributed by atoms with van der Waals surface area (Å²) in [6, 6.07) is 4.45. The van der Waals surface area contributed by atoms with E-state index in [2.05, 4.69) is 10.1 Å². The summed E-state index contributed by atoms with van der Waals surface area (Å²) >= 11 is 0. The van der Waals surface area contributed by atoms with E-state index < -0.39 is 6.36 Å². The first kappa shape index (κ1) is 12.1. The number of fused-ring (bicyclic) bond motifs is 1. The SMILES string of the molecule is CC[C@@]1(C)CNc2ccc(OC(F)(F)F)cc21. The summed E-state index contributed by atoms with van der Waals surface area (Å²) in [5.74, 6) is -0.153. The van der Waals surface area contributed by atoms with Crippen LogP contribution >= 0.6 is 0 Å². The van der Waals surface area contributed by atoms with E-state index in [1.807, 2.05) is 13.8 Å². The summed E-state index contributed by atoms with van der Waals surface area (Å²) in [4.78, 5) is 0. The minimum Gasteiger partial charge on any atom is -0.406 e. The molecule has 0 spiro atoms. The summed E-state index contributed by atoms with van der Waals surface area (Å²) < 4.78 is 40.3. The molecule has 1 N–H and O–H groups in total. The first-order chi connectivity index (χ1) is 7.84. The smallest absolute Gasteiger partial charge is 0.406 e. The zero-order chi connectivity index (χ0) is 12.7. The average molecular weight is 245 g/mol. The van der Waals surface area contributed by atoms with Gasteiger partial charge in [0.05, 0.1) is 0 Å². The standard InChI is InChI=1S/C12H14F3NO/c1-3-11(2)7-16-10-5-4-8(6-9(10)11)17-12(13,14)15/h4-6,16H,3,7H2,1-2H3/t11-/m0/s1. The van der Waals surface area contributed by atoms with Crippen LogP contribution in [-0.2, 0) is 5.41 Å². The van der Waals surface area contributed by atoms with Crippen molar-refractivity contribution in [1.29, 1.82) is 0 Å². The third-order valence-corrected chi connectivity index (χ3v) is 3.32. The quantitative estimate of drug-likeness (QED) is 0.858. The molecule has 94 valence electrons. The molecule has 0 aromatic heterocycles. The molecule has 0 aliphatic carbocycles. The topological polar surface area (TPSA) is 21.3 Å². The second-order valence-electron chi connectivity index (χ2n) is 4.52. The van der Waals surface area contributed by atoms with Crippen molar-refractivity contribution in [2.45, 2.75) is 32.0 Å². The summed E-state index contributed by atoms with van der Waals surface area (Å²) in [6.45, 7) is 4.80. The lowest BCUT2D eigenvalue weighted by atomic mass is 9.82. The van der Waals surface area contributed by atoms with Gasteiger partial charge in [-0.15, -0.1) is 13.2 Å². The molecular formula is C12H14F3NO. The zero-order valence-electron chi connectivity index (χ0n) is 9.69. The molecule has 0 saturated heterocycles. The van der Waals surface area contributed by atoms with Crippen LogP contribution in [0.1, 0.15) is 25.8 Å². The maximum Gasteiger partial charge on any atom is 0.573 e. The predicted molar refractivity (Wildman–Crippen MR) is 59.3 cm³/mol. The fourth-order valence-electron chi connectivity index (χ4n) is 2.07. The molecule has 1 aliphatic rings. The maximum absolute atomic E-state index is 12.1. The van der Waals surface area contributed by atoms with Crippen molar-refractivity contribution in [2.24, 2.45) is 0 Å². The number of halogens is 3. The lowest BCUT2D eigenvalue weighted by Gasteiger charge is -2.22. The van der Waals surface area contributed by atoms with Crippen molar-refractivity contribution in [3.8, 4) is 5.75 Å². The molecule has 1 atom stereocenters. The zero-order valence-corrected chi connectivity index (χ0v) is 9.69. The Hall–Kier alpha value is -1.39. The van der Waals surface area contributed by atoms with Gasteiger partial charge in [0.25, 0.3) is 0 Å². The Balaban J connectivity index is 2.34. The van der Waals surface area contributed by atoms with Gasteiger partial charge in [-0.25, -0.2) is 0 Å². The van der Waals surface area contributed by atoms with Crippen LogP contribution in [0.2, 0.25) is 0 Å². The molecule has 0 saturated carbocycles. The van der Waals surface area contributed by atoms with Crippen LogP contribution in [0, 0.1) is 0 Å². The maximum atomic E-state index is 12.1. The Morgan fingerprint density at radius 2 is 2.12 bits per heavy atom. The van der Waals surface area contributed by atoms with Crippen molar-refractivity contribution in [1.82, 2.24) is 0 Å². The van der Waals surface area contributed by atoms with Crippen molar-refractivity contribution in [3.63, 3.8) is 0 Å². The molecule has 1 aliphatic heterocycles. The van der Waals surface area contributed by atoms with Crippen LogP contribution < -0.4 is 10.1 Å². The molecule has 1 heterocycles. The average Bonchev–Trinajstić information content (AvgIpc) is 2.55. The molecule has 0 unspecified atom stereocenters. The first-order valence-electron chi connectivity index (χ1n) is 5.48. The minimum atomic E-state index is -4.64. The van der Waals surface area contributed by atoms with Gasteiger partial charge in [-0.1, -0.05) is 13.8 Å². The highest BCUT2D eigenvalue weighted by atomic mass is 19.4. The van der Waals surface area contributed by atoms with Crippen LogP contribution in [-0.4, -0.2) is 12.9 Å². The Kier molecular flexibility index (Phi) is 2.72. The van der Waals surface area contributed by atoms with Gasteiger partial charge in [0.1, 0.15) is 5.75 Å². The molecule has 0 radical (unpaired) electrons. The number of benzene rings is 1. The highest BCUT2D eigenvalue weighted by Gasteiger charge is 2.35. The minimum absolute atomic E-state index is 0.125. The van der Waals surface area contributed by atoms with Crippen LogP contribution in [0.5, 0.6) is 5.75 Å². The number of nitrogens with one attached hydrogen (secondary N) is 1. The number of hydrogen-bond donors (Lipinski definition) is 1. The summed E-state index contributed by atoms with van der Waals surface area (Å²) in [7, 11) is 0. The number of alkyl halides is 3. The molecule has 1 aromatic carbocycles.